The van der Waals surface area contributed by atoms with Crippen LogP contribution in [0.25, 0.3) is 0 Å². The first kappa shape index (κ1) is 14.6. The molecule has 2 saturated heterocycles. The molecule has 3 aliphatic heterocycles. The molecule has 0 aliphatic carbocycles. The molecular formula is C12H16F2N2O5. The number of hydrogen-bond donors (Lipinski definition) is 3. The summed E-state index contributed by atoms with van der Waals surface area (Å²) in [5.74, 6) is -4.03. The lowest BCUT2D eigenvalue weighted by Crippen LogP contribution is -2.49. The van der Waals surface area contributed by atoms with E-state index in [9.17, 15) is 23.8 Å². The SMILES string of the molecule is CC1=CN([C@@H]2O[C@H]([C@H](C)O)[C@@H](O)C2(F)F)C2OC2NC1=O. The quantitative estimate of drug-likeness (QED) is 0.573. The van der Waals surface area contributed by atoms with Crippen LogP contribution in [0.5, 0.6) is 0 Å². The summed E-state index contributed by atoms with van der Waals surface area (Å²) in [6.07, 6.45) is -6.87. The maximum atomic E-state index is 14.2. The molecule has 3 N–H and O–H groups in total. The molecule has 7 nitrogen and oxygen atoms in total. The van der Waals surface area contributed by atoms with E-state index in [0.29, 0.717) is 0 Å². The highest BCUT2D eigenvalue weighted by molar-refractivity contribution is 5.93. The molecule has 2 unspecified atom stereocenters. The summed E-state index contributed by atoms with van der Waals surface area (Å²) < 4.78 is 38.7. The Bertz CT molecular complexity index is 498. The highest BCUT2D eigenvalue weighted by Gasteiger charge is 2.64. The van der Waals surface area contributed by atoms with Gasteiger partial charge in [0.15, 0.2) is 24.8 Å². The molecule has 0 saturated carbocycles. The Morgan fingerprint density at radius 2 is 2.14 bits per heavy atom. The minimum absolute atomic E-state index is 0.222. The number of hydrogen-bond acceptors (Lipinski definition) is 6. The fourth-order valence-corrected chi connectivity index (χ4v) is 2.56. The predicted octanol–water partition coefficient (Wildman–Crippen LogP) is -0.894. The third kappa shape index (κ3) is 2.20. The number of epoxide rings is 1. The van der Waals surface area contributed by atoms with Crippen molar-refractivity contribution in [3.63, 3.8) is 0 Å². The maximum absolute atomic E-state index is 14.2. The highest BCUT2D eigenvalue weighted by Crippen LogP contribution is 2.43. The average Bonchev–Trinajstić information content (AvgIpc) is 3.10. The van der Waals surface area contributed by atoms with Gasteiger partial charge in [0.1, 0.15) is 6.10 Å². The molecule has 118 valence electrons. The number of aliphatic hydroxyl groups excluding tert-OH is 2. The molecule has 6 atom stereocenters. The van der Waals surface area contributed by atoms with E-state index in [1.54, 1.807) is 0 Å². The van der Waals surface area contributed by atoms with Crippen molar-refractivity contribution in [1.82, 2.24) is 10.2 Å². The Hall–Kier alpha value is -1.29. The van der Waals surface area contributed by atoms with Gasteiger partial charge in [0.2, 0.25) is 5.91 Å². The highest BCUT2D eigenvalue weighted by atomic mass is 19.3. The zero-order chi connectivity index (χ0) is 15.5. The number of nitrogens with zero attached hydrogens (tertiary/aromatic N) is 1. The summed E-state index contributed by atoms with van der Waals surface area (Å²) in [6, 6.07) is 0. The summed E-state index contributed by atoms with van der Waals surface area (Å²) in [5, 5.41) is 21.6. The Morgan fingerprint density at radius 1 is 1.48 bits per heavy atom. The summed E-state index contributed by atoms with van der Waals surface area (Å²) in [4.78, 5) is 12.7. The van der Waals surface area contributed by atoms with Gasteiger partial charge in [-0.25, -0.2) is 0 Å². The van der Waals surface area contributed by atoms with Gasteiger partial charge < -0.3 is 29.9 Å². The standard InChI is InChI=1S/C12H16F2N2O5/c1-4-3-16(10-9(21-10)15-8(4)19)11-12(13,14)7(18)6(20-11)5(2)17/h3,5-7,9-11,17-18H,1-2H3,(H,15,19)/t5-,6+,7+,9?,10?,11+/m0/s1. The predicted molar refractivity (Wildman–Crippen MR) is 63.7 cm³/mol. The number of nitrogens with one attached hydrogen (secondary N) is 1. The van der Waals surface area contributed by atoms with E-state index in [4.69, 9.17) is 9.47 Å². The average molecular weight is 306 g/mol. The van der Waals surface area contributed by atoms with Gasteiger partial charge in [-0.15, -0.1) is 0 Å². The number of amides is 1. The molecular weight excluding hydrogens is 290 g/mol. The van der Waals surface area contributed by atoms with E-state index in [1.165, 1.54) is 20.0 Å². The Balaban J connectivity index is 1.90. The second kappa shape index (κ2) is 4.60. The van der Waals surface area contributed by atoms with Crippen molar-refractivity contribution >= 4 is 5.91 Å². The van der Waals surface area contributed by atoms with Crippen LogP contribution in [-0.4, -0.2) is 63.9 Å². The van der Waals surface area contributed by atoms with Crippen molar-refractivity contribution in [2.24, 2.45) is 0 Å². The number of fused-ring (bicyclic) bond motifs is 1. The zero-order valence-electron chi connectivity index (χ0n) is 11.4. The molecule has 0 aromatic rings. The second-order valence-electron chi connectivity index (χ2n) is 5.49. The van der Waals surface area contributed by atoms with E-state index in [-0.39, 0.29) is 5.57 Å². The molecule has 0 aromatic heterocycles. The summed E-state index contributed by atoms with van der Waals surface area (Å²) in [7, 11) is 0. The van der Waals surface area contributed by atoms with Crippen molar-refractivity contribution < 1.29 is 33.3 Å². The van der Waals surface area contributed by atoms with Crippen molar-refractivity contribution in [3.8, 4) is 0 Å². The van der Waals surface area contributed by atoms with Gasteiger partial charge in [-0.3, -0.25) is 4.79 Å². The smallest absolute Gasteiger partial charge is 0.319 e. The minimum Gasteiger partial charge on any atom is -0.391 e. The Labute approximate surface area is 119 Å². The molecule has 21 heavy (non-hydrogen) atoms. The molecule has 0 spiro atoms. The summed E-state index contributed by atoms with van der Waals surface area (Å²) >= 11 is 0. The zero-order valence-corrected chi connectivity index (χ0v) is 11.4. The Kier molecular flexibility index (Phi) is 3.21. The number of carbonyl (C=O) groups is 1. The third-order valence-corrected chi connectivity index (χ3v) is 3.80. The second-order valence-corrected chi connectivity index (χ2v) is 5.49. The molecule has 2 fully saturated rings. The van der Waals surface area contributed by atoms with E-state index < -0.39 is 48.8 Å². The molecule has 1 amide bonds. The molecule has 0 aromatic carbocycles. The van der Waals surface area contributed by atoms with Crippen LogP contribution >= 0.6 is 0 Å². The molecule has 3 heterocycles. The van der Waals surface area contributed by atoms with Gasteiger partial charge in [-0.1, -0.05) is 0 Å². The largest absolute Gasteiger partial charge is 0.391 e. The number of carbonyl (C=O) groups excluding carboxylic acids is 1. The van der Waals surface area contributed by atoms with Crippen molar-refractivity contribution in [2.75, 3.05) is 0 Å². The first-order chi connectivity index (χ1) is 9.73. The molecule has 3 aliphatic rings. The van der Waals surface area contributed by atoms with Crippen LogP contribution in [0.15, 0.2) is 11.8 Å². The lowest BCUT2D eigenvalue weighted by Gasteiger charge is -2.29. The van der Waals surface area contributed by atoms with Crippen LogP contribution in [0.1, 0.15) is 13.8 Å². The summed E-state index contributed by atoms with van der Waals surface area (Å²) in [5.41, 5.74) is 0.222. The summed E-state index contributed by atoms with van der Waals surface area (Å²) in [6.45, 7) is 2.74. The lowest BCUT2D eigenvalue weighted by atomic mass is 10.1. The normalized spacial score (nSPS) is 42.8. The number of alkyl halides is 2. The first-order valence-corrected chi connectivity index (χ1v) is 6.55. The minimum atomic E-state index is -3.61. The van der Waals surface area contributed by atoms with Crippen LogP contribution in [0.3, 0.4) is 0 Å². The van der Waals surface area contributed by atoms with Gasteiger partial charge in [0.05, 0.1) is 6.10 Å². The number of aliphatic hydroxyl groups is 2. The van der Waals surface area contributed by atoms with Crippen molar-refractivity contribution in [1.29, 1.82) is 0 Å². The van der Waals surface area contributed by atoms with Crippen molar-refractivity contribution in [2.45, 2.75) is 56.8 Å². The van der Waals surface area contributed by atoms with E-state index in [0.717, 1.165) is 4.90 Å². The van der Waals surface area contributed by atoms with E-state index in [1.807, 2.05) is 0 Å². The number of rotatable bonds is 2. The topological polar surface area (TPSA) is 94.6 Å². The van der Waals surface area contributed by atoms with Crippen molar-refractivity contribution in [3.05, 3.63) is 11.8 Å². The van der Waals surface area contributed by atoms with Gasteiger partial charge >= 0.3 is 5.92 Å². The lowest BCUT2D eigenvalue weighted by molar-refractivity contribution is -0.164. The van der Waals surface area contributed by atoms with Crippen LogP contribution in [0.2, 0.25) is 0 Å². The molecule has 0 radical (unpaired) electrons. The van der Waals surface area contributed by atoms with Gasteiger partial charge in [0, 0.05) is 11.8 Å². The molecule has 9 heteroatoms. The maximum Gasteiger partial charge on any atom is 0.319 e. The van der Waals surface area contributed by atoms with Crippen LogP contribution < -0.4 is 5.32 Å². The number of halogens is 2. The van der Waals surface area contributed by atoms with Crippen LogP contribution in [0.4, 0.5) is 8.78 Å². The van der Waals surface area contributed by atoms with Crippen LogP contribution in [-0.2, 0) is 14.3 Å². The fraction of sp³-hybridized carbons (Fsp3) is 0.750. The molecule has 3 rings (SSSR count). The van der Waals surface area contributed by atoms with Gasteiger partial charge in [-0.05, 0) is 13.8 Å². The number of ether oxygens (including phenoxy) is 2. The third-order valence-electron chi connectivity index (χ3n) is 3.80. The fourth-order valence-electron chi connectivity index (χ4n) is 2.56. The first-order valence-electron chi connectivity index (χ1n) is 6.55. The van der Waals surface area contributed by atoms with E-state index in [2.05, 4.69) is 5.32 Å². The van der Waals surface area contributed by atoms with Crippen LogP contribution in [0, 0.1) is 0 Å². The Morgan fingerprint density at radius 3 is 2.71 bits per heavy atom. The van der Waals surface area contributed by atoms with Gasteiger partial charge in [0.25, 0.3) is 0 Å². The molecule has 0 bridgehead atoms. The monoisotopic (exact) mass is 306 g/mol. The van der Waals surface area contributed by atoms with E-state index >= 15 is 0 Å². The van der Waals surface area contributed by atoms with Gasteiger partial charge in [-0.2, -0.15) is 8.78 Å².